The third-order valence-corrected chi connectivity index (χ3v) is 4.18. The van der Waals surface area contributed by atoms with Gasteiger partial charge in [0.15, 0.2) is 0 Å². The summed E-state index contributed by atoms with van der Waals surface area (Å²) in [6.07, 6.45) is 2.03. The summed E-state index contributed by atoms with van der Waals surface area (Å²) in [5.74, 6) is 0.153. The van der Waals surface area contributed by atoms with Gasteiger partial charge in [-0.3, -0.25) is 0 Å². The van der Waals surface area contributed by atoms with Crippen molar-refractivity contribution in [2.24, 2.45) is 11.7 Å². The normalized spacial score (nSPS) is 17.4. The fraction of sp³-hybridized carbons (Fsp3) is 0.667. The minimum absolute atomic E-state index is 0.153. The maximum atomic E-state index is 10.5. The van der Waals surface area contributed by atoms with Crippen molar-refractivity contribution >= 4 is 11.3 Å². The lowest BCUT2D eigenvalue weighted by Crippen LogP contribution is -2.36. The van der Waals surface area contributed by atoms with Crippen LogP contribution in [-0.4, -0.2) is 11.7 Å². The Bertz CT molecular complexity index is 306. The fourth-order valence-corrected chi connectivity index (χ4v) is 2.88. The van der Waals surface area contributed by atoms with Crippen molar-refractivity contribution in [2.75, 3.05) is 6.54 Å². The fourth-order valence-electron chi connectivity index (χ4n) is 1.88. The molecule has 0 aliphatic heterocycles. The lowest BCUT2D eigenvalue weighted by molar-refractivity contribution is -0.00285. The molecule has 3 N–H and O–H groups in total. The summed E-state index contributed by atoms with van der Waals surface area (Å²) < 4.78 is 0. The summed E-state index contributed by atoms with van der Waals surface area (Å²) in [5, 5.41) is 10.5. The van der Waals surface area contributed by atoms with Gasteiger partial charge >= 0.3 is 0 Å². The van der Waals surface area contributed by atoms with E-state index in [2.05, 4.69) is 13.8 Å². The molecule has 1 heterocycles. The van der Waals surface area contributed by atoms with Crippen LogP contribution in [0.25, 0.3) is 0 Å². The Morgan fingerprint density at radius 3 is 2.60 bits per heavy atom. The van der Waals surface area contributed by atoms with Crippen molar-refractivity contribution in [3.05, 3.63) is 21.9 Å². The molecule has 15 heavy (non-hydrogen) atoms. The van der Waals surface area contributed by atoms with Crippen molar-refractivity contribution < 1.29 is 5.11 Å². The summed E-state index contributed by atoms with van der Waals surface area (Å²) in [6, 6.07) is 4.06. The molecule has 2 atom stereocenters. The van der Waals surface area contributed by atoms with Gasteiger partial charge < -0.3 is 10.8 Å². The van der Waals surface area contributed by atoms with E-state index in [0.29, 0.717) is 6.54 Å². The second-order valence-electron chi connectivity index (χ2n) is 4.28. The minimum Gasteiger partial charge on any atom is -0.384 e. The molecule has 0 aliphatic rings. The van der Waals surface area contributed by atoms with E-state index in [0.717, 1.165) is 17.7 Å². The quantitative estimate of drug-likeness (QED) is 0.812. The molecule has 0 amide bonds. The molecule has 0 spiro atoms. The average Bonchev–Trinajstić information content (AvgIpc) is 2.61. The van der Waals surface area contributed by atoms with Crippen molar-refractivity contribution in [3.63, 3.8) is 0 Å². The van der Waals surface area contributed by atoms with Gasteiger partial charge in [-0.15, -0.1) is 11.3 Å². The van der Waals surface area contributed by atoms with Crippen LogP contribution in [0, 0.1) is 12.8 Å². The third kappa shape index (κ3) is 2.80. The van der Waals surface area contributed by atoms with Crippen molar-refractivity contribution in [1.29, 1.82) is 0 Å². The lowest BCUT2D eigenvalue weighted by atomic mass is 9.84. The summed E-state index contributed by atoms with van der Waals surface area (Å²) in [6.45, 7) is 6.60. The Labute approximate surface area is 96.1 Å². The van der Waals surface area contributed by atoms with Gasteiger partial charge in [0, 0.05) is 15.7 Å². The van der Waals surface area contributed by atoms with E-state index in [-0.39, 0.29) is 5.92 Å². The Kier molecular flexibility index (Phi) is 4.32. The molecule has 1 aromatic rings. The van der Waals surface area contributed by atoms with Crippen LogP contribution in [0.4, 0.5) is 0 Å². The highest BCUT2D eigenvalue weighted by molar-refractivity contribution is 7.12. The van der Waals surface area contributed by atoms with Gasteiger partial charge in [-0.1, -0.05) is 13.3 Å². The highest BCUT2D eigenvalue weighted by atomic mass is 32.1. The second kappa shape index (κ2) is 5.10. The van der Waals surface area contributed by atoms with Crippen molar-refractivity contribution in [1.82, 2.24) is 0 Å². The molecule has 3 heteroatoms. The second-order valence-corrected chi connectivity index (χ2v) is 5.57. The Hall–Kier alpha value is -0.380. The maximum Gasteiger partial charge on any atom is 0.0999 e. The smallest absolute Gasteiger partial charge is 0.0999 e. The van der Waals surface area contributed by atoms with Crippen molar-refractivity contribution in [2.45, 2.75) is 39.2 Å². The zero-order valence-electron chi connectivity index (χ0n) is 9.79. The van der Waals surface area contributed by atoms with Gasteiger partial charge in [-0.05, 0) is 38.9 Å². The van der Waals surface area contributed by atoms with Gasteiger partial charge in [-0.25, -0.2) is 0 Å². The minimum atomic E-state index is -0.774. The SMILES string of the molecule is CCCC(CN)C(C)(O)c1ccc(C)s1. The highest BCUT2D eigenvalue weighted by Gasteiger charge is 2.33. The molecule has 2 nitrogen and oxygen atoms in total. The van der Waals surface area contributed by atoms with Crippen LogP contribution in [0.3, 0.4) is 0 Å². The summed E-state index contributed by atoms with van der Waals surface area (Å²) in [5.41, 5.74) is 4.96. The van der Waals surface area contributed by atoms with E-state index in [1.165, 1.54) is 4.88 Å². The van der Waals surface area contributed by atoms with E-state index in [1.807, 2.05) is 19.1 Å². The summed E-state index contributed by atoms with van der Waals surface area (Å²) in [7, 11) is 0. The standard InChI is InChI=1S/C12H21NOS/c1-4-5-10(8-13)12(3,14)11-7-6-9(2)15-11/h6-7,10,14H,4-5,8,13H2,1-3H3. The van der Waals surface area contributed by atoms with E-state index in [1.54, 1.807) is 11.3 Å². The molecular formula is C12H21NOS. The molecule has 0 aliphatic carbocycles. The van der Waals surface area contributed by atoms with Crippen LogP contribution < -0.4 is 5.73 Å². The van der Waals surface area contributed by atoms with Crippen LogP contribution in [0.5, 0.6) is 0 Å². The van der Waals surface area contributed by atoms with E-state index >= 15 is 0 Å². The number of nitrogens with two attached hydrogens (primary N) is 1. The molecule has 0 saturated heterocycles. The first-order valence-corrected chi connectivity index (χ1v) is 6.33. The predicted molar refractivity (Wildman–Crippen MR) is 66.1 cm³/mol. The highest BCUT2D eigenvalue weighted by Crippen LogP contribution is 2.35. The number of rotatable bonds is 5. The molecule has 0 radical (unpaired) electrons. The van der Waals surface area contributed by atoms with Crippen LogP contribution >= 0.6 is 11.3 Å². The molecule has 0 saturated carbocycles. The van der Waals surface area contributed by atoms with Crippen LogP contribution in [0.2, 0.25) is 0 Å². The number of aliphatic hydroxyl groups is 1. The zero-order valence-corrected chi connectivity index (χ0v) is 10.6. The monoisotopic (exact) mass is 227 g/mol. The maximum absolute atomic E-state index is 10.5. The summed E-state index contributed by atoms with van der Waals surface area (Å²) in [4.78, 5) is 2.27. The number of thiophene rings is 1. The van der Waals surface area contributed by atoms with E-state index < -0.39 is 5.60 Å². The zero-order chi connectivity index (χ0) is 11.5. The average molecular weight is 227 g/mol. The number of hydrogen-bond donors (Lipinski definition) is 2. The number of aryl methyl sites for hydroxylation is 1. The molecule has 2 unspecified atom stereocenters. The molecule has 0 bridgehead atoms. The third-order valence-electron chi connectivity index (χ3n) is 2.96. The van der Waals surface area contributed by atoms with Gasteiger partial charge in [0.25, 0.3) is 0 Å². The van der Waals surface area contributed by atoms with Crippen LogP contribution in [-0.2, 0) is 5.60 Å². The van der Waals surface area contributed by atoms with Crippen LogP contribution in [0.1, 0.15) is 36.4 Å². The Morgan fingerprint density at radius 1 is 1.53 bits per heavy atom. The van der Waals surface area contributed by atoms with E-state index in [9.17, 15) is 5.11 Å². The van der Waals surface area contributed by atoms with Gasteiger partial charge in [0.2, 0.25) is 0 Å². The summed E-state index contributed by atoms with van der Waals surface area (Å²) >= 11 is 1.66. The molecular weight excluding hydrogens is 206 g/mol. The van der Waals surface area contributed by atoms with Gasteiger partial charge in [0.05, 0.1) is 5.60 Å². The van der Waals surface area contributed by atoms with Crippen molar-refractivity contribution in [3.8, 4) is 0 Å². The molecule has 0 aromatic carbocycles. The lowest BCUT2D eigenvalue weighted by Gasteiger charge is -2.31. The molecule has 0 fully saturated rings. The first-order valence-electron chi connectivity index (χ1n) is 5.51. The molecule has 1 rings (SSSR count). The largest absolute Gasteiger partial charge is 0.384 e. The topological polar surface area (TPSA) is 46.2 Å². The van der Waals surface area contributed by atoms with E-state index in [4.69, 9.17) is 5.73 Å². The predicted octanol–water partition coefficient (Wildman–Crippen LogP) is 2.64. The first-order chi connectivity index (χ1) is 7.02. The number of hydrogen-bond acceptors (Lipinski definition) is 3. The van der Waals surface area contributed by atoms with Gasteiger partial charge in [-0.2, -0.15) is 0 Å². The first kappa shape index (κ1) is 12.7. The molecule has 86 valence electrons. The van der Waals surface area contributed by atoms with Crippen LogP contribution in [0.15, 0.2) is 12.1 Å². The van der Waals surface area contributed by atoms with Gasteiger partial charge in [0.1, 0.15) is 0 Å². The Balaban J connectivity index is 2.88. The molecule has 1 aromatic heterocycles. The Morgan fingerprint density at radius 2 is 2.20 bits per heavy atom.